The summed E-state index contributed by atoms with van der Waals surface area (Å²) in [6.45, 7) is 2.23. The van der Waals surface area contributed by atoms with E-state index in [1.807, 2.05) is 0 Å². The van der Waals surface area contributed by atoms with Crippen LogP contribution in [0.25, 0.3) is 0 Å². The number of Topliss-reactive ketones (excluding diaryl/α,β-unsaturated/α-hetero) is 1. The fourth-order valence-corrected chi connectivity index (χ4v) is 3.64. The molecule has 0 radical (unpaired) electrons. The van der Waals surface area contributed by atoms with E-state index < -0.39 is 17.2 Å². The second-order valence-electron chi connectivity index (χ2n) is 6.70. The molecule has 1 aliphatic carbocycles. The van der Waals surface area contributed by atoms with Crippen molar-refractivity contribution in [1.29, 1.82) is 0 Å². The molecule has 1 fully saturated rings. The Morgan fingerprint density at radius 2 is 1.38 bits per heavy atom. The van der Waals surface area contributed by atoms with Gasteiger partial charge >= 0.3 is 5.97 Å². The predicted molar refractivity (Wildman–Crippen MR) is 85.4 cm³/mol. The Bertz CT molecular complexity index is 316. The second-order valence-corrected chi connectivity index (χ2v) is 6.70. The lowest BCUT2D eigenvalue weighted by atomic mass is 9.68. The van der Waals surface area contributed by atoms with Crippen LogP contribution in [0.4, 0.5) is 0 Å². The second kappa shape index (κ2) is 9.97. The Kier molecular flexibility index (Phi) is 8.63. The molecule has 1 aliphatic rings. The number of unbranched alkanes of at least 4 members (excludes halogenated alkanes) is 7. The van der Waals surface area contributed by atoms with E-state index in [4.69, 9.17) is 5.11 Å². The third-order valence-corrected chi connectivity index (χ3v) is 5.00. The van der Waals surface area contributed by atoms with Crippen molar-refractivity contribution in [2.24, 2.45) is 5.41 Å². The summed E-state index contributed by atoms with van der Waals surface area (Å²) in [4.78, 5) is 23.1. The third kappa shape index (κ3) is 6.19. The van der Waals surface area contributed by atoms with Crippen molar-refractivity contribution in [3.63, 3.8) is 0 Å². The summed E-state index contributed by atoms with van der Waals surface area (Å²) < 4.78 is 0. The molecule has 1 N–H and O–H groups in total. The maximum Gasteiger partial charge on any atom is 0.372 e. The summed E-state index contributed by atoms with van der Waals surface area (Å²) in [5, 5.41) is 9.07. The van der Waals surface area contributed by atoms with E-state index in [-0.39, 0.29) is 0 Å². The van der Waals surface area contributed by atoms with Crippen molar-refractivity contribution >= 4 is 11.8 Å². The van der Waals surface area contributed by atoms with Crippen molar-refractivity contribution in [2.75, 3.05) is 0 Å². The minimum Gasteiger partial charge on any atom is -0.475 e. The van der Waals surface area contributed by atoms with Gasteiger partial charge in [-0.15, -0.1) is 0 Å². The normalized spacial score (nSPS) is 17.6. The van der Waals surface area contributed by atoms with Crippen LogP contribution in [0.3, 0.4) is 0 Å². The first-order valence-corrected chi connectivity index (χ1v) is 8.90. The number of hydrogen-bond donors (Lipinski definition) is 1. The Balaban J connectivity index is 2.27. The van der Waals surface area contributed by atoms with E-state index >= 15 is 0 Å². The monoisotopic (exact) mass is 296 g/mol. The van der Waals surface area contributed by atoms with Gasteiger partial charge in [-0.1, -0.05) is 77.6 Å². The number of carbonyl (C=O) groups excluding carboxylic acids is 1. The van der Waals surface area contributed by atoms with Gasteiger partial charge in [-0.2, -0.15) is 0 Å². The van der Waals surface area contributed by atoms with Crippen LogP contribution >= 0.6 is 0 Å². The first kappa shape index (κ1) is 18.2. The zero-order valence-corrected chi connectivity index (χ0v) is 13.7. The van der Waals surface area contributed by atoms with E-state index in [1.165, 1.54) is 38.5 Å². The molecule has 0 saturated heterocycles. The molecule has 21 heavy (non-hydrogen) atoms. The van der Waals surface area contributed by atoms with Gasteiger partial charge < -0.3 is 5.11 Å². The molecule has 0 aromatic carbocycles. The van der Waals surface area contributed by atoms with Crippen LogP contribution in [0.15, 0.2) is 0 Å². The molecule has 0 unspecified atom stereocenters. The number of aliphatic carboxylic acids is 1. The molecule has 0 bridgehead atoms. The lowest BCUT2D eigenvalue weighted by Gasteiger charge is -2.34. The van der Waals surface area contributed by atoms with Crippen LogP contribution in [-0.4, -0.2) is 16.9 Å². The highest BCUT2D eigenvalue weighted by atomic mass is 16.4. The third-order valence-electron chi connectivity index (χ3n) is 5.00. The summed E-state index contributed by atoms with van der Waals surface area (Å²) in [5.74, 6) is -1.75. The summed E-state index contributed by atoms with van der Waals surface area (Å²) in [7, 11) is 0. The fraction of sp³-hybridized carbons (Fsp3) is 0.889. The van der Waals surface area contributed by atoms with Crippen LogP contribution in [0.1, 0.15) is 96.8 Å². The van der Waals surface area contributed by atoms with Gasteiger partial charge in [-0.3, -0.25) is 4.79 Å². The lowest BCUT2D eigenvalue weighted by Crippen LogP contribution is -2.38. The molecule has 0 aliphatic heterocycles. The molecule has 0 amide bonds. The predicted octanol–water partition coefficient (Wildman–Crippen LogP) is 5.12. The van der Waals surface area contributed by atoms with E-state index in [9.17, 15) is 9.59 Å². The van der Waals surface area contributed by atoms with Gasteiger partial charge in [0, 0.05) is 5.41 Å². The van der Waals surface area contributed by atoms with Crippen molar-refractivity contribution in [3.05, 3.63) is 0 Å². The van der Waals surface area contributed by atoms with Gasteiger partial charge in [0.25, 0.3) is 0 Å². The number of hydrogen-bond acceptors (Lipinski definition) is 2. The lowest BCUT2D eigenvalue weighted by molar-refractivity contribution is -0.155. The highest BCUT2D eigenvalue weighted by molar-refractivity contribution is 6.34. The number of carboxylic acid groups (broad SMARTS) is 1. The zero-order chi connectivity index (χ0) is 15.6. The van der Waals surface area contributed by atoms with Gasteiger partial charge in [-0.05, 0) is 19.3 Å². The molecule has 3 nitrogen and oxygen atoms in total. The smallest absolute Gasteiger partial charge is 0.372 e. The van der Waals surface area contributed by atoms with Crippen LogP contribution in [0.2, 0.25) is 0 Å². The molecule has 0 aromatic rings. The molecule has 0 atom stereocenters. The zero-order valence-electron chi connectivity index (χ0n) is 13.7. The van der Waals surface area contributed by atoms with E-state index in [0.717, 1.165) is 51.4 Å². The molecule has 122 valence electrons. The maximum atomic E-state index is 12.1. The van der Waals surface area contributed by atoms with Crippen molar-refractivity contribution in [3.8, 4) is 0 Å². The Morgan fingerprint density at radius 3 is 1.90 bits per heavy atom. The standard InChI is InChI=1S/C18H32O3/c1-2-3-4-5-6-7-8-10-13-18(16(19)17(20)21)14-11-9-12-15-18/h2-15H2,1H3,(H,20,21). The summed E-state index contributed by atoms with van der Waals surface area (Å²) >= 11 is 0. The Labute approximate surface area is 129 Å². The van der Waals surface area contributed by atoms with E-state index in [1.54, 1.807) is 0 Å². The van der Waals surface area contributed by atoms with Gasteiger partial charge in [0.2, 0.25) is 5.78 Å². The molecule has 1 rings (SSSR count). The van der Waals surface area contributed by atoms with Gasteiger partial charge in [0.15, 0.2) is 0 Å². The summed E-state index contributed by atoms with van der Waals surface area (Å²) in [6, 6.07) is 0. The molecule has 3 heteroatoms. The molecule has 0 aromatic heterocycles. The van der Waals surface area contributed by atoms with E-state index in [0.29, 0.717) is 0 Å². The van der Waals surface area contributed by atoms with Crippen LogP contribution in [0.5, 0.6) is 0 Å². The SMILES string of the molecule is CCCCCCCCCCC1(C(=O)C(=O)O)CCCCC1. The van der Waals surface area contributed by atoms with Crippen LogP contribution < -0.4 is 0 Å². The number of rotatable bonds is 11. The fourth-order valence-electron chi connectivity index (χ4n) is 3.64. The van der Waals surface area contributed by atoms with Gasteiger partial charge in [0.1, 0.15) is 0 Å². The summed E-state index contributed by atoms with van der Waals surface area (Å²) in [6.07, 6.45) is 15.4. The first-order valence-electron chi connectivity index (χ1n) is 8.90. The van der Waals surface area contributed by atoms with Crippen LogP contribution in [-0.2, 0) is 9.59 Å². The molecule has 0 heterocycles. The largest absolute Gasteiger partial charge is 0.475 e. The van der Waals surface area contributed by atoms with Crippen molar-refractivity contribution < 1.29 is 14.7 Å². The average molecular weight is 296 g/mol. The van der Waals surface area contributed by atoms with Gasteiger partial charge in [0.05, 0.1) is 0 Å². The highest BCUT2D eigenvalue weighted by Crippen LogP contribution is 2.41. The number of carboxylic acids is 1. The Hall–Kier alpha value is -0.860. The molecule has 0 spiro atoms. The molecular formula is C18H32O3. The average Bonchev–Trinajstić information content (AvgIpc) is 2.50. The van der Waals surface area contributed by atoms with Crippen LogP contribution in [0, 0.1) is 5.41 Å². The maximum absolute atomic E-state index is 12.1. The highest BCUT2D eigenvalue weighted by Gasteiger charge is 2.42. The van der Waals surface area contributed by atoms with Crippen molar-refractivity contribution in [1.82, 2.24) is 0 Å². The quantitative estimate of drug-likeness (QED) is 0.425. The summed E-state index contributed by atoms with van der Waals surface area (Å²) in [5.41, 5.74) is -0.535. The minimum absolute atomic E-state index is 0.523. The van der Waals surface area contributed by atoms with Crippen molar-refractivity contribution in [2.45, 2.75) is 96.8 Å². The number of ketones is 1. The Morgan fingerprint density at radius 1 is 0.857 bits per heavy atom. The van der Waals surface area contributed by atoms with Gasteiger partial charge in [-0.25, -0.2) is 4.79 Å². The topological polar surface area (TPSA) is 54.4 Å². The minimum atomic E-state index is -1.23. The number of carbonyl (C=O) groups is 2. The van der Waals surface area contributed by atoms with E-state index in [2.05, 4.69) is 6.92 Å². The first-order chi connectivity index (χ1) is 10.1. The molecule has 1 saturated carbocycles. The molecular weight excluding hydrogens is 264 g/mol.